The summed E-state index contributed by atoms with van der Waals surface area (Å²) >= 11 is 1.38. The first kappa shape index (κ1) is 18.8. The number of ether oxygens (including phenoxy) is 1. The van der Waals surface area contributed by atoms with E-state index in [0.29, 0.717) is 24.6 Å². The Hall–Kier alpha value is -2.58. The van der Waals surface area contributed by atoms with Gasteiger partial charge in [0.2, 0.25) is 0 Å². The van der Waals surface area contributed by atoms with Crippen molar-refractivity contribution in [2.24, 2.45) is 0 Å². The number of aryl methyl sites for hydroxylation is 3. The average Bonchev–Trinajstić information content (AvgIpc) is 3.32. The predicted octanol–water partition coefficient (Wildman–Crippen LogP) is 3.59. The lowest BCUT2D eigenvalue weighted by molar-refractivity contribution is -0.0245. The first-order chi connectivity index (χ1) is 13.6. The normalized spacial score (nSPS) is 17.1. The highest BCUT2D eigenvalue weighted by Crippen LogP contribution is 2.29. The molecule has 1 amide bonds. The van der Waals surface area contributed by atoms with Gasteiger partial charge in [-0.05, 0) is 26.0 Å². The van der Waals surface area contributed by atoms with Crippen molar-refractivity contribution in [3.05, 3.63) is 51.4 Å². The third-order valence-corrected chi connectivity index (χ3v) is 5.82. The van der Waals surface area contributed by atoms with Crippen LogP contribution in [-0.2, 0) is 11.2 Å². The van der Waals surface area contributed by atoms with Gasteiger partial charge in [0, 0.05) is 13.0 Å². The Morgan fingerprint density at radius 1 is 1.32 bits per heavy atom. The lowest BCUT2D eigenvalue weighted by Gasteiger charge is -2.32. The van der Waals surface area contributed by atoms with E-state index < -0.39 is 0 Å². The minimum absolute atomic E-state index is 0.00704. The minimum Gasteiger partial charge on any atom is -0.368 e. The molecule has 0 saturated carbocycles. The number of thiazole rings is 1. The van der Waals surface area contributed by atoms with Crippen LogP contribution >= 0.6 is 11.3 Å². The van der Waals surface area contributed by atoms with E-state index in [-0.39, 0.29) is 12.0 Å². The lowest BCUT2D eigenvalue weighted by Crippen LogP contribution is -2.42. The van der Waals surface area contributed by atoms with Gasteiger partial charge in [0.15, 0.2) is 0 Å². The number of rotatable bonds is 4. The van der Waals surface area contributed by atoms with E-state index in [1.165, 1.54) is 11.3 Å². The summed E-state index contributed by atoms with van der Waals surface area (Å²) in [6.07, 6.45) is 0.481. The second kappa shape index (κ2) is 7.81. The Morgan fingerprint density at radius 3 is 2.93 bits per heavy atom. The number of amides is 1. The molecule has 1 atom stereocenters. The van der Waals surface area contributed by atoms with Crippen LogP contribution in [0.4, 0.5) is 0 Å². The highest BCUT2D eigenvalue weighted by atomic mass is 32.1. The summed E-state index contributed by atoms with van der Waals surface area (Å²) in [5.74, 6) is 0.830. The first-order valence-corrected chi connectivity index (χ1v) is 10.2. The summed E-state index contributed by atoms with van der Waals surface area (Å²) in [7, 11) is 0. The molecule has 1 aliphatic heterocycles. The van der Waals surface area contributed by atoms with Gasteiger partial charge in [-0.25, -0.2) is 9.97 Å². The molecule has 8 heteroatoms. The van der Waals surface area contributed by atoms with Crippen molar-refractivity contribution in [2.45, 2.75) is 33.3 Å². The third kappa shape index (κ3) is 3.45. The third-order valence-electron chi connectivity index (χ3n) is 4.90. The van der Waals surface area contributed by atoms with Crippen LogP contribution in [0.5, 0.6) is 0 Å². The van der Waals surface area contributed by atoms with Crippen molar-refractivity contribution in [3.8, 4) is 11.3 Å². The molecule has 0 radical (unpaired) electrons. The smallest absolute Gasteiger partial charge is 0.266 e. The molecule has 0 spiro atoms. The van der Waals surface area contributed by atoms with E-state index in [2.05, 4.69) is 10.1 Å². The standard InChI is InChI=1S/C20H22N4O3S/c1-4-16-18(12(2)23-27-16)15-7-5-6-14(22-15)17-10-24(8-9-26-17)20(25)19-13(3)21-11-28-19/h5-7,11,17H,4,8-10H2,1-3H3/t17-/m1/s1. The summed E-state index contributed by atoms with van der Waals surface area (Å²) < 4.78 is 11.3. The largest absolute Gasteiger partial charge is 0.368 e. The first-order valence-electron chi connectivity index (χ1n) is 9.32. The fourth-order valence-corrected chi connectivity index (χ4v) is 4.19. The average molecular weight is 398 g/mol. The highest BCUT2D eigenvalue weighted by molar-refractivity contribution is 7.11. The van der Waals surface area contributed by atoms with E-state index in [9.17, 15) is 4.79 Å². The van der Waals surface area contributed by atoms with E-state index in [1.54, 1.807) is 5.51 Å². The zero-order valence-electron chi connectivity index (χ0n) is 16.1. The number of aromatic nitrogens is 3. The zero-order chi connectivity index (χ0) is 19.7. The van der Waals surface area contributed by atoms with Crippen LogP contribution in [0.3, 0.4) is 0 Å². The predicted molar refractivity (Wildman–Crippen MR) is 105 cm³/mol. The molecule has 0 bridgehead atoms. The fraction of sp³-hybridized carbons (Fsp3) is 0.400. The molecular formula is C20H22N4O3S. The Bertz CT molecular complexity index is 997. The SMILES string of the molecule is CCc1onc(C)c1-c1cccc([C@H]2CN(C(=O)c3scnc3C)CCO2)n1. The van der Waals surface area contributed by atoms with Crippen molar-refractivity contribution in [2.75, 3.05) is 19.7 Å². The molecule has 3 aromatic heterocycles. The molecule has 7 nitrogen and oxygen atoms in total. The number of hydrogen-bond acceptors (Lipinski definition) is 7. The van der Waals surface area contributed by atoms with Gasteiger partial charge in [0.25, 0.3) is 5.91 Å². The molecule has 4 rings (SSSR count). The highest BCUT2D eigenvalue weighted by Gasteiger charge is 2.29. The van der Waals surface area contributed by atoms with Gasteiger partial charge in [0.1, 0.15) is 16.7 Å². The van der Waals surface area contributed by atoms with Crippen molar-refractivity contribution in [1.29, 1.82) is 0 Å². The minimum atomic E-state index is -0.267. The van der Waals surface area contributed by atoms with Crippen LogP contribution in [-0.4, -0.2) is 45.6 Å². The Morgan fingerprint density at radius 2 is 2.18 bits per heavy atom. The summed E-state index contributed by atoms with van der Waals surface area (Å²) in [5.41, 5.74) is 5.86. The van der Waals surface area contributed by atoms with Crippen LogP contribution in [0.15, 0.2) is 28.2 Å². The molecule has 0 N–H and O–H groups in total. The van der Waals surface area contributed by atoms with Crippen molar-refractivity contribution >= 4 is 17.2 Å². The Kier molecular flexibility index (Phi) is 5.23. The van der Waals surface area contributed by atoms with Crippen molar-refractivity contribution in [1.82, 2.24) is 20.0 Å². The van der Waals surface area contributed by atoms with Crippen molar-refractivity contribution in [3.63, 3.8) is 0 Å². The molecular weight excluding hydrogens is 376 g/mol. The maximum atomic E-state index is 12.8. The summed E-state index contributed by atoms with van der Waals surface area (Å²) in [6.45, 7) is 7.32. The van der Waals surface area contributed by atoms with Gasteiger partial charge in [-0.2, -0.15) is 0 Å². The Labute approximate surface area is 167 Å². The topological polar surface area (TPSA) is 81.4 Å². The van der Waals surface area contributed by atoms with Gasteiger partial charge >= 0.3 is 0 Å². The molecule has 0 aromatic carbocycles. The molecule has 1 aliphatic rings. The maximum Gasteiger partial charge on any atom is 0.266 e. The molecule has 0 aliphatic carbocycles. The zero-order valence-corrected chi connectivity index (χ0v) is 17.0. The molecule has 3 aromatic rings. The van der Waals surface area contributed by atoms with Gasteiger partial charge in [0.05, 0.1) is 47.0 Å². The second-order valence-electron chi connectivity index (χ2n) is 6.74. The number of hydrogen-bond donors (Lipinski definition) is 0. The molecule has 4 heterocycles. The molecule has 146 valence electrons. The van der Waals surface area contributed by atoms with Gasteiger partial charge < -0.3 is 14.2 Å². The molecule has 28 heavy (non-hydrogen) atoms. The maximum absolute atomic E-state index is 12.8. The van der Waals surface area contributed by atoms with Crippen LogP contribution in [0.1, 0.15) is 45.5 Å². The molecule has 0 unspecified atom stereocenters. The van der Waals surface area contributed by atoms with Crippen LogP contribution in [0.2, 0.25) is 0 Å². The summed E-state index contributed by atoms with van der Waals surface area (Å²) in [4.78, 5) is 24.4. The lowest BCUT2D eigenvalue weighted by atomic mass is 10.1. The Balaban J connectivity index is 1.58. The summed E-state index contributed by atoms with van der Waals surface area (Å²) in [6, 6.07) is 5.85. The molecule has 1 saturated heterocycles. The number of morpholine rings is 1. The van der Waals surface area contributed by atoms with Gasteiger partial charge in [-0.3, -0.25) is 4.79 Å². The summed E-state index contributed by atoms with van der Waals surface area (Å²) in [5, 5.41) is 4.07. The van der Waals surface area contributed by atoms with Gasteiger partial charge in [-0.15, -0.1) is 11.3 Å². The quantitative estimate of drug-likeness (QED) is 0.668. The number of carbonyl (C=O) groups excluding carboxylic acids is 1. The van der Waals surface area contributed by atoms with E-state index in [0.717, 1.165) is 40.5 Å². The van der Waals surface area contributed by atoms with Crippen LogP contribution in [0.25, 0.3) is 11.3 Å². The van der Waals surface area contributed by atoms with Crippen LogP contribution < -0.4 is 0 Å². The second-order valence-corrected chi connectivity index (χ2v) is 7.60. The van der Waals surface area contributed by atoms with Crippen LogP contribution in [0, 0.1) is 13.8 Å². The van der Waals surface area contributed by atoms with Gasteiger partial charge in [-0.1, -0.05) is 18.1 Å². The molecule has 1 fully saturated rings. The number of pyridine rings is 1. The number of carbonyl (C=O) groups is 1. The number of nitrogens with zero attached hydrogens (tertiary/aromatic N) is 4. The van der Waals surface area contributed by atoms with E-state index >= 15 is 0 Å². The fourth-order valence-electron chi connectivity index (χ4n) is 3.42. The van der Waals surface area contributed by atoms with Crippen molar-refractivity contribution < 1.29 is 14.1 Å². The monoisotopic (exact) mass is 398 g/mol. The van der Waals surface area contributed by atoms with E-state index in [1.807, 2.05) is 43.9 Å². The van der Waals surface area contributed by atoms with E-state index in [4.69, 9.17) is 14.2 Å².